The number of benzene rings is 1. The summed E-state index contributed by atoms with van der Waals surface area (Å²) >= 11 is 0. The zero-order valence-electron chi connectivity index (χ0n) is 8.60. The van der Waals surface area contributed by atoms with Gasteiger partial charge in [0.05, 0.1) is 19.1 Å². The summed E-state index contributed by atoms with van der Waals surface area (Å²) in [6.45, 7) is 0. The molecule has 1 N–H and O–H groups in total. The average molecular weight is 222 g/mol. The van der Waals surface area contributed by atoms with Crippen molar-refractivity contribution in [2.75, 3.05) is 7.11 Å². The van der Waals surface area contributed by atoms with Crippen molar-refractivity contribution >= 4 is 11.9 Å². The third-order valence-electron chi connectivity index (χ3n) is 2.44. The van der Waals surface area contributed by atoms with E-state index in [4.69, 9.17) is 14.6 Å². The van der Waals surface area contributed by atoms with Crippen LogP contribution in [0.3, 0.4) is 0 Å². The number of aliphatic carboxylic acids is 1. The minimum Gasteiger partial charge on any atom is -0.497 e. The van der Waals surface area contributed by atoms with Crippen molar-refractivity contribution in [1.82, 2.24) is 0 Å². The van der Waals surface area contributed by atoms with E-state index < -0.39 is 18.0 Å². The van der Waals surface area contributed by atoms with Gasteiger partial charge in [-0.15, -0.1) is 0 Å². The monoisotopic (exact) mass is 222 g/mol. The lowest BCUT2D eigenvalue weighted by molar-refractivity contribution is -0.139. The number of carbonyl (C=O) groups excluding carboxylic acids is 1. The molecule has 0 aliphatic carbocycles. The highest BCUT2D eigenvalue weighted by Gasteiger charge is 2.32. The second kappa shape index (κ2) is 3.84. The Morgan fingerprint density at radius 1 is 1.56 bits per heavy atom. The van der Waals surface area contributed by atoms with Gasteiger partial charge in [0, 0.05) is 5.56 Å². The molecule has 2 rings (SSSR count). The molecule has 1 aliphatic heterocycles. The van der Waals surface area contributed by atoms with E-state index in [1.165, 1.54) is 7.11 Å². The van der Waals surface area contributed by atoms with Crippen LogP contribution in [0.1, 0.15) is 28.4 Å². The van der Waals surface area contributed by atoms with Gasteiger partial charge in [0.2, 0.25) is 0 Å². The quantitative estimate of drug-likeness (QED) is 0.782. The first-order valence-corrected chi connectivity index (χ1v) is 4.72. The first-order valence-electron chi connectivity index (χ1n) is 4.72. The molecule has 5 heteroatoms. The number of carbonyl (C=O) groups is 2. The molecule has 1 atom stereocenters. The molecule has 0 saturated carbocycles. The third-order valence-corrected chi connectivity index (χ3v) is 2.44. The zero-order chi connectivity index (χ0) is 11.7. The van der Waals surface area contributed by atoms with E-state index in [9.17, 15) is 9.59 Å². The maximum absolute atomic E-state index is 11.5. The Labute approximate surface area is 91.6 Å². The maximum atomic E-state index is 11.5. The summed E-state index contributed by atoms with van der Waals surface area (Å²) in [5, 5.41) is 8.67. The molecular formula is C11H10O5. The molecule has 0 spiro atoms. The molecule has 1 aromatic carbocycles. The van der Waals surface area contributed by atoms with Crippen LogP contribution >= 0.6 is 0 Å². The van der Waals surface area contributed by atoms with E-state index in [0.717, 1.165) is 0 Å². The molecule has 1 heterocycles. The molecule has 0 saturated heterocycles. The van der Waals surface area contributed by atoms with Crippen LogP contribution in [-0.2, 0) is 9.53 Å². The van der Waals surface area contributed by atoms with Gasteiger partial charge in [-0.3, -0.25) is 4.79 Å². The zero-order valence-corrected chi connectivity index (χ0v) is 8.60. The van der Waals surface area contributed by atoms with Crippen LogP contribution < -0.4 is 4.74 Å². The summed E-state index contributed by atoms with van der Waals surface area (Å²) in [6, 6.07) is 4.89. The standard InChI is InChI=1S/C11H10O5/c1-15-6-2-3-7-8(4-6)11(14)16-9(7)5-10(12)13/h2-4,9H,5H2,1H3,(H,12,13)/t9-/m0/s1. The number of rotatable bonds is 3. The number of carboxylic acid groups (broad SMARTS) is 1. The minimum atomic E-state index is -0.999. The highest BCUT2D eigenvalue weighted by Crippen LogP contribution is 2.34. The minimum absolute atomic E-state index is 0.217. The van der Waals surface area contributed by atoms with Crippen molar-refractivity contribution in [2.45, 2.75) is 12.5 Å². The number of methoxy groups -OCH3 is 1. The van der Waals surface area contributed by atoms with Crippen LogP contribution in [0, 0.1) is 0 Å². The molecule has 0 radical (unpaired) electrons. The molecule has 1 aromatic rings. The van der Waals surface area contributed by atoms with Gasteiger partial charge >= 0.3 is 11.9 Å². The van der Waals surface area contributed by atoms with E-state index in [0.29, 0.717) is 16.9 Å². The van der Waals surface area contributed by atoms with E-state index in [1.807, 2.05) is 0 Å². The van der Waals surface area contributed by atoms with Crippen molar-refractivity contribution in [3.05, 3.63) is 29.3 Å². The summed E-state index contributed by atoms with van der Waals surface area (Å²) in [6.07, 6.45) is -0.906. The summed E-state index contributed by atoms with van der Waals surface area (Å²) in [5.74, 6) is -0.951. The van der Waals surface area contributed by atoms with Crippen molar-refractivity contribution in [3.8, 4) is 5.75 Å². The number of hydrogen-bond donors (Lipinski definition) is 1. The lowest BCUT2D eigenvalue weighted by Crippen LogP contribution is -2.05. The van der Waals surface area contributed by atoms with Crippen LogP contribution in [0.25, 0.3) is 0 Å². The number of carboxylic acids is 1. The Morgan fingerprint density at radius 3 is 2.94 bits per heavy atom. The van der Waals surface area contributed by atoms with Gasteiger partial charge in [-0.05, 0) is 12.1 Å². The molecular weight excluding hydrogens is 212 g/mol. The van der Waals surface area contributed by atoms with E-state index >= 15 is 0 Å². The molecule has 1 aliphatic rings. The average Bonchev–Trinajstić information content (AvgIpc) is 2.54. The van der Waals surface area contributed by atoms with Crippen LogP contribution in [-0.4, -0.2) is 24.2 Å². The fourth-order valence-corrected chi connectivity index (χ4v) is 1.69. The second-order valence-corrected chi connectivity index (χ2v) is 3.44. The van der Waals surface area contributed by atoms with Crippen LogP contribution in [0.5, 0.6) is 5.75 Å². The van der Waals surface area contributed by atoms with Gasteiger partial charge in [0.15, 0.2) is 0 Å². The normalized spacial score (nSPS) is 17.8. The van der Waals surface area contributed by atoms with Gasteiger partial charge in [0.1, 0.15) is 11.9 Å². The fourth-order valence-electron chi connectivity index (χ4n) is 1.69. The third kappa shape index (κ3) is 1.71. The highest BCUT2D eigenvalue weighted by atomic mass is 16.5. The molecule has 0 bridgehead atoms. The summed E-state index contributed by atoms with van der Waals surface area (Å²) in [7, 11) is 1.50. The van der Waals surface area contributed by atoms with Crippen LogP contribution in [0.2, 0.25) is 0 Å². The Balaban J connectivity index is 2.36. The van der Waals surface area contributed by atoms with Crippen molar-refractivity contribution in [2.24, 2.45) is 0 Å². The molecule has 84 valence electrons. The lowest BCUT2D eigenvalue weighted by atomic mass is 10.0. The van der Waals surface area contributed by atoms with Crippen LogP contribution in [0.15, 0.2) is 18.2 Å². The Kier molecular flexibility index (Phi) is 2.52. The molecule has 16 heavy (non-hydrogen) atoms. The molecule has 0 aromatic heterocycles. The molecule has 5 nitrogen and oxygen atoms in total. The lowest BCUT2D eigenvalue weighted by Gasteiger charge is -2.07. The summed E-state index contributed by atoms with van der Waals surface area (Å²) in [4.78, 5) is 22.0. The summed E-state index contributed by atoms with van der Waals surface area (Å²) < 4.78 is 9.95. The fraction of sp³-hybridized carbons (Fsp3) is 0.273. The number of esters is 1. The Bertz CT molecular complexity index is 452. The van der Waals surface area contributed by atoms with E-state index in [2.05, 4.69) is 0 Å². The number of cyclic esters (lactones) is 1. The van der Waals surface area contributed by atoms with Gasteiger partial charge < -0.3 is 14.6 Å². The van der Waals surface area contributed by atoms with Crippen LogP contribution in [0.4, 0.5) is 0 Å². The predicted molar refractivity (Wildman–Crippen MR) is 53.4 cm³/mol. The molecule has 0 amide bonds. The first-order chi connectivity index (χ1) is 7.61. The number of hydrogen-bond acceptors (Lipinski definition) is 4. The SMILES string of the molecule is COc1ccc2c(c1)C(=O)O[C@H]2CC(=O)O. The van der Waals surface area contributed by atoms with E-state index in [1.54, 1.807) is 18.2 Å². The molecule has 0 fully saturated rings. The Morgan fingerprint density at radius 2 is 2.31 bits per heavy atom. The smallest absolute Gasteiger partial charge is 0.339 e. The first kappa shape index (κ1) is 10.5. The second-order valence-electron chi connectivity index (χ2n) is 3.44. The summed E-state index contributed by atoms with van der Waals surface area (Å²) in [5.41, 5.74) is 0.985. The van der Waals surface area contributed by atoms with E-state index in [-0.39, 0.29) is 6.42 Å². The van der Waals surface area contributed by atoms with Crippen molar-refractivity contribution in [1.29, 1.82) is 0 Å². The predicted octanol–water partition coefficient (Wildman–Crippen LogP) is 1.38. The van der Waals surface area contributed by atoms with Gasteiger partial charge in [-0.25, -0.2) is 4.79 Å². The largest absolute Gasteiger partial charge is 0.497 e. The van der Waals surface area contributed by atoms with Crippen molar-refractivity contribution < 1.29 is 24.2 Å². The highest BCUT2D eigenvalue weighted by molar-refractivity contribution is 5.95. The maximum Gasteiger partial charge on any atom is 0.339 e. The van der Waals surface area contributed by atoms with Gasteiger partial charge in [-0.2, -0.15) is 0 Å². The Hall–Kier alpha value is -2.04. The van der Waals surface area contributed by atoms with Gasteiger partial charge in [0.25, 0.3) is 0 Å². The van der Waals surface area contributed by atoms with Crippen molar-refractivity contribution in [3.63, 3.8) is 0 Å². The number of ether oxygens (including phenoxy) is 2. The van der Waals surface area contributed by atoms with Gasteiger partial charge in [-0.1, -0.05) is 6.07 Å². The number of fused-ring (bicyclic) bond motifs is 1. The molecule has 0 unspecified atom stereocenters. The topological polar surface area (TPSA) is 72.8 Å².